The van der Waals surface area contributed by atoms with Crippen LogP contribution in [0.25, 0.3) is 0 Å². The van der Waals surface area contributed by atoms with Gasteiger partial charge in [0.05, 0.1) is 42.0 Å². The highest BCUT2D eigenvalue weighted by atomic mass is 35.5. The molecule has 0 radical (unpaired) electrons. The van der Waals surface area contributed by atoms with Crippen molar-refractivity contribution in [3.8, 4) is 17.6 Å². The molecule has 2 aromatic carbocycles. The molecule has 0 aromatic heterocycles. The fourth-order valence-corrected chi connectivity index (χ4v) is 6.88. The minimum absolute atomic E-state index is 0.0680. The van der Waals surface area contributed by atoms with E-state index < -0.39 is 0 Å². The molecule has 3 heterocycles. The van der Waals surface area contributed by atoms with Crippen LogP contribution in [0.15, 0.2) is 30.3 Å². The molecule has 11 heteroatoms. The van der Waals surface area contributed by atoms with E-state index in [1.165, 1.54) is 6.42 Å². The number of hydrogen-bond acceptors (Lipinski definition) is 9. The topological polar surface area (TPSA) is 111 Å². The molecule has 45 heavy (non-hydrogen) atoms. The van der Waals surface area contributed by atoms with E-state index in [0.29, 0.717) is 60.2 Å². The first-order valence-electron chi connectivity index (χ1n) is 16.2. The van der Waals surface area contributed by atoms with E-state index in [2.05, 4.69) is 31.8 Å². The Balaban J connectivity index is 1.31. The van der Waals surface area contributed by atoms with E-state index in [1.807, 2.05) is 58.4 Å². The first-order valence-corrected chi connectivity index (χ1v) is 16.5. The number of halogens is 1. The molecular formula is C34H47ClN6O4. The predicted molar refractivity (Wildman–Crippen MR) is 178 cm³/mol. The molecule has 1 amide bonds. The number of nitriles is 1. The Morgan fingerprint density at radius 3 is 2.84 bits per heavy atom. The summed E-state index contributed by atoms with van der Waals surface area (Å²) in [7, 11) is 5.96. The molecule has 10 nitrogen and oxygen atoms in total. The summed E-state index contributed by atoms with van der Waals surface area (Å²) >= 11 is 6.73. The average Bonchev–Trinajstić information content (AvgIpc) is 3.02. The van der Waals surface area contributed by atoms with E-state index in [4.69, 9.17) is 25.8 Å². The van der Waals surface area contributed by atoms with Crippen LogP contribution in [0.5, 0.6) is 11.5 Å². The number of ether oxygens (including phenoxy) is 3. The van der Waals surface area contributed by atoms with Crippen LogP contribution in [0.4, 0.5) is 17.1 Å². The largest absolute Gasteiger partial charge is 0.492 e. The Morgan fingerprint density at radius 1 is 1.24 bits per heavy atom. The van der Waals surface area contributed by atoms with Crippen molar-refractivity contribution in [1.82, 2.24) is 10.2 Å². The summed E-state index contributed by atoms with van der Waals surface area (Å²) in [5.41, 5.74) is 3.26. The predicted octanol–water partition coefficient (Wildman–Crippen LogP) is 5.50. The van der Waals surface area contributed by atoms with Crippen LogP contribution in [-0.4, -0.2) is 77.6 Å². The molecule has 2 aromatic rings. The molecule has 3 aliphatic heterocycles. The molecule has 5 unspecified atom stereocenters. The minimum Gasteiger partial charge on any atom is -0.492 e. The summed E-state index contributed by atoms with van der Waals surface area (Å²) in [6.07, 6.45) is 4.73. The Kier molecular flexibility index (Phi) is 11.3. The van der Waals surface area contributed by atoms with Crippen LogP contribution in [0, 0.1) is 29.1 Å². The van der Waals surface area contributed by atoms with Gasteiger partial charge in [-0.25, -0.2) is 0 Å². The van der Waals surface area contributed by atoms with Crippen molar-refractivity contribution in [3.63, 3.8) is 0 Å². The lowest BCUT2D eigenvalue weighted by Crippen LogP contribution is -2.50. The van der Waals surface area contributed by atoms with Crippen LogP contribution >= 0.6 is 11.6 Å². The number of hydrogen-bond donors (Lipinski definition) is 3. The molecule has 5 rings (SSSR count). The monoisotopic (exact) mass is 638 g/mol. The van der Waals surface area contributed by atoms with Gasteiger partial charge < -0.3 is 34.6 Å². The lowest BCUT2D eigenvalue weighted by molar-refractivity contribution is -0.116. The van der Waals surface area contributed by atoms with Crippen LogP contribution in [-0.2, 0) is 9.53 Å². The van der Waals surface area contributed by atoms with Gasteiger partial charge >= 0.3 is 0 Å². The van der Waals surface area contributed by atoms with Crippen molar-refractivity contribution < 1.29 is 19.0 Å². The van der Waals surface area contributed by atoms with E-state index in [0.717, 1.165) is 55.9 Å². The zero-order valence-corrected chi connectivity index (χ0v) is 27.7. The van der Waals surface area contributed by atoms with Crippen molar-refractivity contribution in [2.24, 2.45) is 17.8 Å². The van der Waals surface area contributed by atoms with Crippen molar-refractivity contribution in [2.45, 2.75) is 51.3 Å². The number of piperidine rings is 1. The fourth-order valence-electron chi connectivity index (χ4n) is 6.64. The van der Waals surface area contributed by atoms with Crippen molar-refractivity contribution in [2.75, 3.05) is 76.1 Å². The number of benzene rings is 2. The highest BCUT2D eigenvalue weighted by molar-refractivity contribution is 6.32. The number of carbonyl (C=O) groups excluding carboxylic acids is 1. The number of carbonyl (C=O) groups is 1. The molecular weight excluding hydrogens is 592 g/mol. The van der Waals surface area contributed by atoms with E-state index in [-0.39, 0.29) is 24.1 Å². The number of anilines is 3. The molecule has 5 atom stereocenters. The third-order valence-electron chi connectivity index (χ3n) is 8.91. The van der Waals surface area contributed by atoms with Gasteiger partial charge in [-0.15, -0.1) is 0 Å². The van der Waals surface area contributed by atoms with Crippen molar-refractivity contribution in [1.29, 1.82) is 5.26 Å². The second-order valence-electron chi connectivity index (χ2n) is 12.7. The van der Waals surface area contributed by atoms with Gasteiger partial charge in [0.25, 0.3) is 0 Å². The molecule has 0 aliphatic carbocycles. The smallest absolute Gasteiger partial charge is 0.224 e. The van der Waals surface area contributed by atoms with Gasteiger partial charge in [0.1, 0.15) is 17.7 Å². The summed E-state index contributed by atoms with van der Waals surface area (Å²) < 4.78 is 18.0. The van der Waals surface area contributed by atoms with Gasteiger partial charge in [0.2, 0.25) is 5.91 Å². The van der Waals surface area contributed by atoms with Gasteiger partial charge in [-0.05, 0) is 83.4 Å². The summed E-state index contributed by atoms with van der Waals surface area (Å²) in [6, 6.07) is 11.8. The molecule has 3 N–H and O–H groups in total. The maximum Gasteiger partial charge on any atom is 0.224 e. The summed E-state index contributed by atoms with van der Waals surface area (Å²) in [4.78, 5) is 17.0. The number of fused-ring (bicyclic) bond motifs is 2. The van der Waals surface area contributed by atoms with Crippen LogP contribution in [0.1, 0.15) is 50.6 Å². The van der Waals surface area contributed by atoms with E-state index in [9.17, 15) is 10.1 Å². The third kappa shape index (κ3) is 8.33. The summed E-state index contributed by atoms with van der Waals surface area (Å²) in [5.74, 6) is 1.79. The molecule has 3 aliphatic rings. The number of nitrogens with zero attached hydrogens (tertiary/aromatic N) is 3. The lowest BCUT2D eigenvalue weighted by atomic mass is 9.85. The van der Waals surface area contributed by atoms with Gasteiger partial charge in [-0.2, -0.15) is 5.26 Å². The number of rotatable bonds is 12. The summed E-state index contributed by atoms with van der Waals surface area (Å²) in [6.45, 7) is 6.06. The van der Waals surface area contributed by atoms with Crippen molar-refractivity contribution in [3.05, 3.63) is 40.9 Å². The van der Waals surface area contributed by atoms with E-state index >= 15 is 0 Å². The minimum atomic E-state index is -0.342. The second-order valence-corrected chi connectivity index (χ2v) is 13.1. The highest BCUT2D eigenvalue weighted by Crippen LogP contribution is 2.44. The first-order chi connectivity index (χ1) is 21.7. The Hall–Kier alpha value is -3.23. The van der Waals surface area contributed by atoms with Gasteiger partial charge in [-0.3, -0.25) is 10.1 Å². The zero-order valence-electron chi connectivity index (χ0n) is 26.9. The number of nitrogens with one attached hydrogen (secondary N) is 3. The van der Waals surface area contributed by atoms with Crippen molar-refractivity contribution >= 4 is 34.6 Å². The Bertz CT molecular complexity index is 1370. The molecule has 0 bridgehead atoms. The van der Waals surface area contributed by atoms with Gasteiger partial charge in [-0.1, -0.05) is 11.6 Å². The maximum absolute atomic E-state index is 12.9. The SMILES string of the molecule is CCOc1cc2c(cc1NC(=O)CCCN(C)C)C(Nc1ccc(OCC3CNC4OCCCC4C3)c(Cl)c1)C(C#N)CN2C. The third-order valence-corrected chi connectivity index (χ3v) is 9.21. The highest BCUT2D eigenvalue weighted by Gasteiger charge is 2.35. The quantitative estimate of drug-likeness (QED) is 0.277. The molecule has 0 saturated carbocycles. The Labute approximate surface area is 272 Å². The average molecular weight is 639 g/mol. The zero-order chi connectivity index (χ0) is 31.9. The van der Waals surface area contributed by atoms with Crippen LogP contribution in [0.3, 0.4) is 0 Å². The normalized spacial score (nSPS) is 24.3. The van der Waals surface area contributed by atoms with Crippen LogP contribution in [0.2, 0.25) is 5.02 Å². The van der Waals surface area contributed by atoms with Gasteiger partial charge in [0.15, 0.2) is 0 Å². The van der Waals surface area contributed by atoms with Gasteiger partial charge in [0, 0.05) is 62.1 Å². The second kappa shape index (κ2) is 15.4. The first kappa shape index (κ1) is 33.1. The lowest BCUT2D eigenvalue weighted by Gasteiger charge is -2.39. The standard InChI is InChI=1S/C34H47ClN6O4/c1-5-43-31-17-29-26(16-28(31)39-32(42)9-6-12-40(2)3)33(24(18-36)20-41(29)4)38-25-10-11-30(27(35)15-25)45-21-22-14-23-8-7-13-44-34(23)37-19-22/h10-11,15-17,22-24,33-34,37-38H,5-9,12-14,19-21H2,1-4H3,(H,39,42). The number of amides is 1. The molecule has 2 fully saturated rings. The van der Waals surface area contributed by atoms with E-state index in [1.54, 1.807) is 0 Å². The molecule has 0 spiro atoms. The molecule has 2 saturated heterocycles. The molecule has 244 valence electrons. The maximum atomic E-state index is 12.9. The Morgan fingerprint density at radius 2 is 2.09 bits per heavy atom. The van der Waals surface area contributed by atoms with Crippen LogP contribution < -0.4 is 30.3 Å². The fraction of sp³-hybridized carbons (Fsp3) is 0.588. The summed E-state index contributed by atoms with van der Waals surface area (Å²) in [5, 5.41) is 20.8.